The summed E-state index contributed by atoms with van der Waals surface area (Å²) in [6.07, 6.45) is 1.98. The smallest absolute Gasteiger partial charge is 0.214 e. The van der Waals surface area contributed by atoms with E-state index in [1.165, 1.54) is 0 Å². The largest absolute Gasteiger partial charge is 0.372 e. The lowest BCUT2D eigenvalue weighted by Gasteiger charge is -2.25. The molecular formula is C7H13NO3S. The fraction of sp³-hybridized carbons (Fsp3) is 1.00. The maximum Gasteiger partial charge on any atom is 0.214 e. The van der Waals surface area contributed by atoms with Gasteiger partial charge in [0.2, 0.25) is 10.0 Å². The van der Waals surface area contributed by atoms with Gasteiger partial charge in [0.15, 0.2) is 0 Å². The molecule has 0 bridgehead atoms. The van der Waals surface area contributed by atoms with E-state index in [-0.39, 0.29) is 6.10 Å². The average molecular weight is 191 g/mol. The van der Waals surface area contributed by atoms with Gasteiger partial charge in [0.05, 0.1) is 18.5 Å². The van der Waals surface area contributed by atoms with Crippen LogP contribution in [0.1, 0.15) is 12.8 Å². The highest BCUT2D eigenvalue weighted by Crippen LogP contribution is 2.18. The predicted octanol–water partition coefficient (Wildman–Crippen LogP) is -0.189. The van der Waals surface area contributed by atoms with Gasteiger partial charge in [-0.3, -0.25) is 0 Å². The molecule has 2 saturated heterocycles. The Hall–Kier alpha value is -0.130. The minimum atomic E-state index is -2.93. The van der Waals surface area contributed by atoms with Gasteiger partial charge < -0.3 is 4.74 Å². The van der Waals surface area contributed by atoms with E-state index in [0.717, 1.165) is 19.4 Å². The van der Waals surface area contributed by atoms with Gasteiger partial charge in [0, 0.05) is 13.1 Å². The Bertz CT molecular complexity index is 258. The summed E-state index contributed by atoms with van der Waals surface area (Å²) in [7, 11) is -2.93. The van der Waals surface area contributed by atoms with E-state index >= 15 is 0 Å². The molecule has 2 fully saturated rings. The van der Waals surface area contributed by atoms with Crippen LogP contribution >= 0.6 is 0 Å². The van der Waals surface area contributed by atoms with E-state index < -0.39 is 10.0 Å². The molecule has 0 unspecified atom stereocenters. The molecular weight excluding hydrogens is 178 g/mol. The van der Waals surface area contributed by atoms with Crippen molar-refractivity contribution in [3.63, 3.8) is 0 Å². The van der Waals surface area contributed by atoms with Crippen molar-refractivity contribution in [3.05, 3.63) is 0 Å². The molecule has 2 aliphatic rings. The Kier molecular flexibility index (Phi) is 2.10. The third-order valence-electron chi connectivity index (χ3n) is 2.26. The van der Waals surface area contributed by atoms with E-state index in [1.807, 2.05) is 0 Å². The van der Waals surface area contributed by atoms with Crippen molar-refractivity contribution in [3.8, 4) is 0 Å². The summed E-state index contributed by atoms with van der Waals surface area (Å²) in [5, 5.41) is 0. The summed E-state index contributed by atoms with van der Waals surface area (Å²) >= 11 is 0. The molecule has 2 heterocycles. The molecule has 2 aliphatic heterocycles. The zero-order chi connectivity index (χ0) is 8.60. The lowest BCUT2D eigenvalue weighted by Crippen LogP contribution is -2.40. The minimum Gasteiger partial charge on any atom is -0.372 e. The summed E-state index contributed by atoms with van der Waals surface area (Å²) in [6, 6.07) is 0. The van der Waals surface area contributed by atoms with E-state index in [4.69, 9.17) is 4.74 Å². The molecule has 2 rings (SSSR count). The zero-order valence-electron chi connectivity index (χ0n) is 6.90. The molecule has 5 heteroatoms. The minimum absolute atomic E-state index is 0.179. The van der Waals surface area contributed by atoms with Crippen molar-refractivity contribution >= 4 is 10.0 Å². The molecule has 0 aromatic rings. The monoisotopic (exact) mass is 191 g/mol. The molecule has 0 radical (unpaired) electrons. The average Bonchev–Trinajstić information content (AvgIpc) is 2.77. The first kappa shape index (κ1) is 8.47. The number of nitrogens with zero attached hydrogens (tertiary/aromatic N) is 1. The standard InChI is InChI=1S/C7H13NO3S/c9-12(10)4-2-1-3-8(12)5-7-6-11-7/h7H,1-6H2/t7-/m0/s1. The van der Waals surface area contributed by atoms with Crippen LogP contribution in [0, 0.1) is 0 Å². The SMILES string of the molecule is O=S1(=O)CCCCN1C[C@H]1CO1. The number of ether oxygens (including phenoxy) is 1. The topological polar surface area (TPSA) is 49.9 Å². The Morgan fingerprint density at radius 2 is 2.17 bits per heavy atom. The van der Waals surface area contributed by atoms with Crippen LogP contribution in [0.2, 0.25) is 0 Å². The number of hydrogen-bond acceptors (Lipinski definition) is 3. The molecule has 0 saturated carbocycles. The fourth-order valence-electron chi connectivity index (χ4n) is 1.45. The number of hydrogen-bond donors (Lipinski definition) is 0. The summed E-state index contributed by atoms with van der Waals surface area (Å²) in [5.74, 6) is 0.319. The van der Waals surface area contributed by atoms with Crippen molar-refractivity contribution < 1.29 is 13.2 Å². The number of epoxide rings is 1. The van der Waals surface area contributed by atoms with Gasteiger partial charge in [-0.15, -0.1) is 0 Å². The van der Waals surface area contributed by atoms with Gasteiger partial charge in [-0.05, 0) is 12.8 Å². The van der Waals surface area contributed by atoms with Gasteiger partial charge in [0.1, 0.15) is 0 Å². The van der Waals surface area contributed by atoms with E-state index in [9.17, 15) is 8.42 Å². The highest BCUT2D eigenvalue weighted by atomic mass is 32.2. The van der Waals surface area contributed by atoms with Crippen molar-refractivity contribution in [1.29, 1.82) is 0 Å². The summed E-state index contributed by atoms with van der Waals surface area (Å²) in [4.78, 5) is 0. The third-order valence-corrected chi connectivity index (χ3v) is 4.19. The molecule has 0 aliphatic carbocycles. The van der Waals surface area contributed by atoms with Gasteiger partial charge in [-0.25, -0.2) is 8.42 Å². The third kappa shape index (κ3) is 1.78. The lowest BCUT2D eigenvalue weighted by atomic mass is 10.3. The molecule has 12 heavy (non-hydrogen) atoms. The van der Waals surface area contributed by atoms with Crippen LogP contribution in [0.15, 0.2) is 0 Å². The summed E-state index contributed by atoms with van der Waals surface area (Å²) in [6.45, 7) is 1.98. The maximum absolute atomic E-state index is 11.4. The first-order valence-electron chi connectivity index (χ1n) is 4.28. The normalized spacial score (nSPS) is 34.8. The van der Waals surface area contributed by atoms with E-state index in [1.54, 1.807) is 4.31 Å². The summed E-state index contributed by atoms with van der Waals surface area (Å²) in [5.41, 5.74) is 0. The quantitative estimate of drug-likeness (QED) is 0.568. The van der Waals surface area contributed by atoms with Crippen molar-refractivity contribution in [2.45, 2.75) is 18.9 Å². The molecule has 0 aromatic heterocycles. The zero-order valence-corrected chi connectivity index (χ0v) is 7.72. The second-order valence-electron chi connectivity index (χ2n) is 3.34. The van der Waals surface area contributed by atoms with Crippen molar-refractivity contribution in [1.82, 2.24) is 4.31 Å². The van der Waals surface area contributed by atoms with Crippen molar-refractivity contribution in [2.75, 3.05) is 25.4 Å². The Labute approximate surface area is 72.6 Å². The van der Waals surface area contributed by atoms with Crippen LogP contribution in [0.4, 0.5) is 0 Å². The van der Waals surface area contributed by atoms with Crippen LogP contribution in [0.3, 0.4) is 0 Å². The molecule has 0 aromatic carbocycles. The summed E-state index contributed by atoms with van der Waals surface area (Å²) < 4.78 is 29.4. The molecule has 1 atom stereocenters. The van der Waals surface area contributed by atoms with Crippen LogP contribution < -0.4 is 0 Å². The van der Waals surface area contributed by atoms with Gasteiger partial charge in [-0.1, -0.05) is 0 Å². The Morgan fingerprint density at radius 1 is 1.42 bits per heavy atom. The van der Waals surface area contributed by atoms with Crippen LogP contribution in [-0.2, 0) is 14.8 Å². The van der Waals surface area contributed by atoms with E-state index in [2.05, 4.69) is 0 Å². The maximum atomic E-state index is 11.4. The van der Waals surface area contributed by atoms with Crippen LogP contribution in [-0.4, -0.2) is 44.3 Å². The molecule has 0 amide bonds. The second-order valence-corrected chi connectivity index (χ2v) is 5.42. The second kappa shape index (κ2) is 2.97. The Balaban J connectivity index is 2.00. The number of rotatable bonds is 2. The Morgan fingerprint density at radius 3 is 2.75 bits per heavy atom. The lowest BCUT2D eigenvalue weighted by molar-refractivity contribution is 0.323. The highest BCUT2D eigenvalue weighted by Gasteiger charge is 2.32. The first-order chi connectivity index (χ1) is 5.68. The predicted molar refractivity (Wildman–Crippen MR) is 44.3 cm³/mol. The van der Waals surface area contributed by atoms with Gasteiger partial charge >= 0.3 is 0 Å². The van der Waals surface area contributed by atoms with Crippen LogP contribution in [0.25, 0.3) is 0 Å². The van der Waals surface area contributed by atoms with Gasteiger partial charge in [-0.2, -0.15) is 4.31 Å². The number of sulfonamides is 1. The van der Waals surface area contributed by atoms with Crippen LogP contribution in [0.5, 0.6) is 0 Å². The van der Waals surface area contributed by atoms with E-state index in [0.29, 0.717) is 18.8 Å². The molecule has 70 valence electrons. The fourth-order valence-corrected chi connectivity index (χ4v) is 3.07. The van der Waals surface area contributed by atoms with Gasteiger partial charge in [0.25, 0.3) is 0 Å². The highest BCUT2D eigenvalue weighted by molar-refractivity contribution is 7.89. The molecule has 0 spiro atoms. The molecule has 0 N–H and O–H groups in total. The first-order valence-corrected chi connectivity index (χ1v) is 5.89. The molecule has 4 nitrogen and oxygen atoms in total. The van der Waals surface area contributed by atoms with Crippen molar-refractivity contribution in [2.24, 2.45) is 0 Å².